The minimum atomic E-state index is 0.0347. The van der Waals surface area contributed by atoms with Crippen LogP contribution in [0.2, 0.25) is 0 Å². The second-order valence-electron chi connectivity index (χ2n) is 4.75. The highest BCUT2D eigenvalue weighted by molar-refractivity contribution is 8.04. The summed E-state index contributed by atoms with van der Waals surface area (Å²) in [7, 11) is 0. The van der Waals surface area contributed by atoms with Crippen LogP contribution in [-0.4, -0.2) is 10.9 Å². The monoisotopic (exact) mass is 310 g/mol. The molecular formula is C17H10O2S2. The minimum absolute atomic E-state index is 0.0347. The maximum absolute atomic E-state index is 12.4. The fourth-order valence-corrected chi connectivity index (χ4v) is 4.55. The summed E-state index contributed by atoms with van der Waals surface area (Å²) in [5, 5.41) is 11.1. The SMILES string of the molecule is O=C1/C(=C\c2sc3ccccc3c2O)Sc2ccccc21. The third kappa shape index (κ3) is 1.99. The number of thiophene rings is 1. The van der Waals surface area contributed by atoms with Crippen molar-refractivity contribution < 1.29 is 9.90 Å². The molecule has 0 amide bonds. The van der Waals surface area contributed by atoms with Crippen LogP contribution in [0, 0.1) is 0 Å². The number of aromatic hydroxyl groups is 1. The van der Waals surface area contributed by atoms with E-state index in [0.29, 0.717) is 4.91 Å². The second-order valence-corrected chi connectivity index (χ2v) is 6.91. The molecule has 1 N–H and O–H groups in total. The Balaban J connectivity index is 1.82. The highest BCUT2D eigenvalue weighted by atomic mass is 32.2. The van der Waals surface area contributed by atoms with Crippen LogP contribution in [0.3, 0.4) is 0 Å². The van der Waals surface area contributed by atoms with E-state index in [1.54, 1.807) is 6.08 Å². The Kier molecular flexibility index (Phi) is 2.87. The topological polar surface area (TPSA) is 37.3 Å². The van der Waals surface area contributed by atoms with Gasteiger partial charge in [-0.15, -0.1) is 11.3 Å². The first-order chi connectivity index (χ1) is 10.2. The number of hydrogen-bond acceptors (Lipinski definition) is 4. The van der Waals surface area contributed by atoms with Gasteiger partial charge in [-0.1, -0.05) is 36.0 Å². The molecule has 2 aromatic carbocycles. The Morgan fingerprint density at radius 2 is 1.76 bits per heavy atom. The lowest BCUT2D eigenvalue weighted by molar-refractivity contribution is 0.104. The maximum Gasteiger partial charge on any atom is 0.200 e. The van der Waals surface area contributed by atoms with E-state index in [-0.39, 0.29) is 11.5 Å². The summed E-state index contributed by atoms with van der Waals surface area (Å²) in [6.07, 6.45) is 1.80. The maximum atomic E-state index is 12.4. The van der Waals surface area contributed by atoms with Gasteiger partial charge in [0.2, 0.25) is 5.78 Å². The Hall–Kier alpha value is -2.04. The normalized spacial score (nSPS) is 15.8. The first-order valence-corrected chi connectivity index (χ1v) is 8.11. The van der Waals surface area contributed by atoms with Gasteiger partial charge in [-0.25, -0.2) is 0 Å². The Labute approximate surface area is 129 Å². The quantitative estimate of drug-likeness (QED) is 0.647. The van der Waals surface area contributed by atoms with Gasteiger partial charge in [-0.2, -0.15) is 0 Å². The van der Waals surface area contributed by atoms with Crippen LogP contribution in [0.1, 0.15) is 15.2 Å². The number of Topliss-reactive ketones (excluding diaryl/α,β-unsaturated/α-hetero) is 1. The number of ketones is 1. The molecule has 4 heteroatoms. The summed E-state index contributed by atoms with van der Waals surface area (Å²) in [6.45, 7) is 0. The molecule has 2 heterocycles. The fourth-order valence-electron chi connectivity index (χ4n) is 2.40. The molecule has 2 nitrogen and oxygen atoms in total. The Morgan fingerprint density at radius 3 is 2.57 bits per heavy atom. The van der Waals surface area contributed by atoms with E-state index in [1.165, 1.54) is 23.1 Å². The van der Waals surface area contributed by atoms with Gasteiger partial charge in [0.25, 0.3) is 0 Å². The molecule has 3 aromatic rings. The Bertz CT molecular complexity index is 906. The molecule has 0 spiro atoms. The smallest absolute Gasteiger partial charge is 0.200 e. The highest BCUT2D eigenvalue weighted by Crippen LogP contribution is 2.44. The van der Waals surface area contributed by atoms with Crippen molar-refractivity contribution in [2.75, 3.05) is 0 Å². The van der Waals surface area contributed by atoms with E-state index in [0.717, 1.165) is 25.4 Å². The van der Waals surface area contributed by atoms with Gasteiger partial charge in [-0.05, 0) is 30.3 Å². The lowest BCUT2D eigenvalue weighted by Crippen LogP contribution is -1.93. The summed E-state index contributed by atoms with van der Waals surface area (Å²) < 4.78 is 1.02. The van der Waals surface area contributed by atoms with Crippen molar-refractivity contribution in [1.82, 2.24) is 0 Å². The molecule has 0 aliphatic carbocycles. The first kappa shape index (κ1) is 12.7. The molecule has 1 aliphatic rings. The van der Waals surface area contributed by atoms with Crippen molar-refractivity contribution in [3.05, 3.63) is 63.9 Å². The van der Waals surface area contributed by atoms with Crippen molar-refractivity contribution in [2.45, 2.75) is 4.90 Å². The van der Waals surface area contributed by atoms with Crippen molar-refractivity contribution >= 4 is 45.0 Å². The third-order valence-electron chi connectivity index (χ3n) is 3.43. The minimum Gasteiger partial charge on any atom is -0.506 e. The largest absolute Gasteiger partial charge is 0.506 e. The summed E-state index contributed by atoms with van der Waals surface area (Å²) in [5.41, 5.74) is 0.745. The van der Waals surface area contributed by atoms with Crippen LogP contribution in [0.5, 0.6) is 5.75 Å². The van der Waals surface area contributed by atoms with Gasteiger partial charge >= 0.3 is 0 Å². The number of benzene rings is 2. The van der Waals surface area contributed by atoms with E-state index in [4.69, 9.17) is 0 Å². The number of rotatable bonds is 1. The third-order valence-corrected chi connectivity index (χ3v) is 5.64. The summed E-state index contributed by atoms with van der Waals surface area (Å²) in [6, 6.07) is 15.3. The molecular weight excluding hydrogens is 300 g/mol. The fraction of sp³-hybridized carbons (Fsp3) is 0. The molecule has 0 radical (unpaired) electrons. The van der Waals surface area contributed by atoms with Crippen LogP contribution in [0.25, 0.3) is 16.2 Å². The molecule has 21 heavy (non-hydrogen) atoms. The average Bonchev–Trinajstić information content (AvgIpc) is 2.99. The zero-order valence-corrected chi connectivity index (χ0v) is 12.5. The van der Waals surface area contributed by atoms with Crippen LogP contribution < -0.4 is 0 Å². The lowest BCUT2D eigenvalue weighted by Gasteiger charge is -1.94. The van der Waals surface area contributed by atoms with Crippen molar-refractivity contribution in [1.29, 1.82) is 0 Å². The predicted molar refractivity (Wildman–Crippen MR) is 88.1 cm³/mol. The summed E-state index contributed by atoms with van der Waals surface area (Å²) >= 11 is 2.96. The van der Waals surface area contributed by atoms with E-state index in [2.05, 4.69) is 0 Å². The second kappa shape index (κ2) is 4.76. The number of hydrogen-bond donors (Lipinski definition) is 1. The van der Waals surface area contributed by atoms with Gasteiger partial charge in [0.1, 0.15) is 5.75 Å². The summed E-state index contributed by atoms with van der Waals surface area (Å²) in [4.78, 5) is 14.7. The molecule has 102 valence electrons. The van der Waals surface area contributed by atoms with Crippen molar-refractivity contribution in [3.8, 4) is 5.75 Å². The molecule has 1 aromatic heterocycles. The van der Waals surface area contributed by atoms with Crippen molar-refractivity contribution in [2.24, 2.45) is 0 Å². The van der Waals surface area contributed by atoms with E-state index >= 15 is 0 Å². The average molecular weight is 310 g/mol. The van der Waals surface area contributed by atoms with Gasteiger partial charge in [0, 0.05) is 20.5 Å². The van der Waals surface area contributed by atoms with Gasteiger partial charge < -0.3 is 5.11 Å². The van der Waals surface area contributed by atoms with E-state index < -0.39 is 0 Å². The van der Waals surface area contributed by atoms with Crippen molar-refractivity contribution in [3.63, 3.8) is 0 Å². The molecule has 0 fully saturated rings. The van der Waals surface area contributed by atoms with Gasteiger partial charge in [0.15, 0.2) is 0 Å². The highest BCUT2D eigenvalue weighted by Gasteiger charge is 2.25. The molecule has 4 rings (SSSR count). The number of carbonyl (C=O) groups is 1. The van der Waals surface area contributed by atoms with Gasteiger partial charge in [-0.3, -0.25) is 4.79 Å². The molecule has 0 unspecified atom stereocenters. The summed E-state index contributed by atoms with van der Waals surface area (Å²) in [5.74, 6) is 0.292. The number of allylic oxidation sites excluding steroid dienone is 1. The Morgan fingerprint density at radius 1 is 1.00 bits per heavy atom. The standard InChI is InChI=1S/C17H10O2S2/c18-16-10-5-1-3-7-12(10)20-14(16)9-15-17(19)11-6-2-4-8-13(11)21-15/h1-9,18H/b15-9+. The van der Waals surface area contributed by atoms with Crippen LogP contribution in [-0.2, 0) is 0 Å². The number of carbonyl (C=O) groups excluding carboxylic acids is 1. The van der Waals surface area contributed by atoms with Crippen LogP contribution >= 0.6 is 23.1 Å². The van der Waals surface area contributed by atoms with Crippen LogP contribution in [0.4, 0.5) is 0 Å². The van der Waals surface area contributed by atoms with Crippen LogP contribution in [0.15, 0.2) is 58.3 Å². The zero-order chi connectivity index (χ0) is 14.4. The van der Waals surface area contributed by atoms with E-state index in [9.17, 15) is 9.90 Å². The molecule has 0 bridgehead atoms. The predicted octanol–water partition coefficient (Wildman–Crippen LogP) is 4.94. The molecule has 0 saturated heterocycles. The number of thioether (sulfide) groups is 1. The zero-order valence-electron chi connectivity index (χ0n) is 10.9. The van der Waals surface area contributed by atoms with Gasteiger partial charge in [0.05, 0.1) is 9.78 Å². The number of fused-ring (bicyclic) bond motifs is 2. The molecule has 0 atom stereocenters. The molecule has 0 saturated carbocycles. The van der Waals surface area contributed by atoms with E-state index in [1.807, 2.05) is 48.5 Å². The lowest BCUT2D eigenvalue weighted by atomic mass is 10.1. The molecule has 1 aliphatic heterocycles. The first-order valence-electron chi connectivity index (χ1n) is 6.48.